The monoisotopic (exact) mass is 522 g/mol. The number of fused-ring (bicyclic) bond motifs is 3. The zero-order valence-electron chi connectivity index (χ0n) is 22.0. The SMILES string of the molecule is COc1ccc(CN2C3CC2CN(c2ccc(-c4cc(N5CC(C)(O)C5)cn5ncc(C#N)c45)cn2)C3)cn1. The van der Waals surface area contributed by atoms with Crippen LogP contribution in [0.2, 0.25) is 0 Å². The topological polar surface area (TPSA) is 106 Å². The van der Waals surface area contributed by atoms with Gasteiger partial charge in [-0.3, -0.25) is 4.90 Å². The molecule has 0 saturated carbocycles. The maximum atomic E-state index is 10.2. The smallest absolute Gasteiger partial charge is 0.212 e. The largest absolute Gasteiger partial charge is 0.481 e. The molecule has 39 heavy (non-hydrogen) atoms. The summed E-state index contributed by atoms with van der Waals surface area (Å²) in [5, 5.41) is 24.4. The number of methoxy groups -OCH3 is 1. The second kappa shape index (κ2) is 8.93. The predicted octanol–water partition coefficient (Wildman–Crippen LogP) is 2.71. The van der Waals surface area contributed by atoms with E-state index in [0.717, 1.165) is 47.8 Å². The van der Waals surface area contributed by atoms with Gasteiger partial charge in [-0.15, -0.1) is 0 Å². The van der Waals surface area contributed by atoms with Crippen molar-refractivity contribution in [1.29, 1.82) is 5.26 Å². The molecule has 0 aromatic carbocycles. The Labute approximate surface area is 226 Å². The summed E-state index contributed by atoms with van der Waals surface area (Å²) in [7, 11) is 1.63. The lowest BCUT2D eigenvalue weighted by molar-refractivity contribution is -0.00876. The number of β-amino-alcohol motifs (C(OH)–C–C–N with tert-alkyl or cyclic N) is 1. The minimum atomic E-state index is -0.684. The molecule has 4 fully saturated rings. The Morgan fingerprint density at radius 1 is 1.08 bits per heavy atom. The number of nitrogens with zero attached hydrogens (tertiary/aromatic N) is 8. The second-order valence-electron chi connectivity index (χ2n) is 11.2. The Bertz CT molecular complexity index is 1550. The van der Waals surface area contributed by atoms with Gasteiger partial charge in [-0.05, 0) is 37.1 Å². The number of rotatable bonds is 6. The Morgan fingerprint density at radius 2 is 1.90 bits per heavy atom. The fourth-order valence-electron chi connectivity index (χ4n) is 6.24. The molecule has 4 aliphatic rings. The van der Waals surface area contributed by atoms with Crippen LogP contribution in [0.3, 0.4) is 0 Å². The van der Waals surface area contributed by atoms with Crippen LogP contribution in [0.5, 0.6) is 5.88 Å². The van der Waals surface area contributed by atoms with E-state index in [1.807, 2.05) is 31.6 Å². The summed E-state index contributed by atoms with van der Waals surface area (Å²) in [6.45, 7) is 5.76. The van der Waals surface area contributed by atoms with Crippen LogP contribution in [-0.4, -0.2) is 80.6 Å². The highest BCUT2D eigenvalue weighted by molar-refractivity contribution is 5.86. The lowest BCUT2D eigenvalue weighted by atomic mass is 9.87. The molecular weight excluding hydrogens is 492 g/mol. The molecule has 0 amide bonds. The van der Waals surface area contributed by atoms with E-state index in [4.69, 9.17) is 9.72 Å². The third-order valence-corrected chi connectivity index (χ3v) is 8.25. The highest BCUT2D eigenvalue weighted by Crippen LogP contribution is 2.37. The number of piperidine rings is 1. The number of pyridine rings is 3. The van der Waals surface area contributed by atoms with E-state index < -0.39 is 5.60 Å². The number of aliphatic hydroxyl groups is 1. The summed E-state index contributed by atoms with van der Waals surface area (Å²) >= 11 is 0. The number of piperazine rings is 1. The van der Waals surface area contributed by atoms with Crippen molar-refractivity contribution in [3.8, 4) is 23.1 Å². The van der Waals surface area contributed by atoms with Crippen molar-refractivity contribution in [3.05, 3.63) is 66.2 Å². The molecule has 10 nitrogen and oxygen atoms in total. The molecule has 4 aromatic heterocycles. The van der Waals surface area contributed by atoms with Crippen molar-refractivity contribution in [2.24, 2.45) is 0 Å². The summed E-state index contributed by atoms with van der Waals surface area (Å²) in [6.07, 6.45) is 8.54. The molecule has 2 atom stereocenters. The van der Waals surface area contributed by atoms with Gasteiger partial charge >= 0.3 is 0 Å². The summed E-state index contributed by atoms with van der Waals surface area (Å²) in [5.41, 5.74) is 4.62. The lowest BCUT2D eigenvalue weighted by Crippen LogP contribution is -2.68. The molecule has 10 heteroatoms. The van der Waals surface area contributed by atoms with Crippen LogP contribution in [-0.2, 0) is 6.54 Å². The standard InChI is InChI=1S/C29H30N8O2/c1-29(38)17-35(18-29)22-8-25(28-21(9-30)12-33-37(28)16-22)20-4-5-26(31-11-20)34-14-23-7-24(15-34)36(23)13-19-3-6-27(39-2)32-10-19/h3-6,8,10-12,16,23-24,38H,7,13-15,17-18H2,1-2H3. The third kappa shape index (κ3) is 4.15. The van der Waals surface area contributed by atoms with Crippen LogP contribution in [0.4, 0.5) is 11.5 Å². The van der Waals surface area contributed by atoms with Gasteiger partial charge in [0.05, 0.1) is 41.9 Å². The molecule has 1 N–H and O–H groups in total. The molecule has 8 rings (SSSR count). The fraction of sp³-hybridized carbons (Fsp3) is 0.379. The minimum Gasteiger partial charge on any atom is -0.481 e. The molecule has 2 bridgehead atoms. The van der Waals surface area contributed by atoms with Crippen molar-refractivity contribution < 1.29 is 9.84 Å². The van der Waals surface area contributed by atoms with E-state index >= 15 is 0 Å². The molecule has 0 radical (unpaired) electrons. The van der Waals surface area contributed by atoms with Crippen molar-refractivity contribution in [1.82, 2.24) is 24.5 Å². The van der Waals surface area contributed by atoms with Crippen LogP contribution in [0.25, 0.3) is 16.6 Å². The molecular formula is C29H30N8O2. The van der Waals surface area contributed by atoms with Gasteiger partial charge in [0.2, 0.25) is 5.88 Å². The molecule has 8 heterocycles. The number of hydrogen-bond acceptors (Lipinski definition) is 9. The summed E-state index contributed by atoms with van der Waals surface area (Å²) in [5.74, 6) is 1.61. The van der Waals surface area contributed by atoms with E-state index in [2.05, 4.69) is 55.1 Å². The number of anilines is 2. The van der Waals surface area contributed by atoms with Gasteiger partial charge in [0.15, 0.2) is 0 Å². The number of aromatic nitrogens is 4. The van der Waals surface area contributed by atoms with E-state index in [1.54, 1.807) is 17.8 Å². The molecule has 4 saturated heterocycles. The Kier molecular flexibility index (Phi) is 5.47. The van der Waals surface area contributed by atoms with Crippen LogP contribution >= 0.6 is 0 Å². The predicted molar refractivity (Wildman–Crippen MR) is 147 cm³/mol. The van der Waals surface area contributed by atoms with Gasteiger partial charge in [0.25, 0.3) is 0 Å². The highest BCUT2D eigenvalue weighted by atomic mass is 16.5. The Hall–Kier alpha value is -4.20. The first kappa shape index (κ1) is 23.9. The average Bonchev–Trinajstić information content (AvgIpc) is 3.38. The maximum Gasteiger partial charge on any atom is 0.212 e. The van der Waals surface area contributed by atoms with E-state index in [9.17, 15) is 10.4 Å². The van der Waals surface area contributed by atoms with Gasteiger partial charge in [0, 0.05) is 74.4 Å². The molecule has 0 aliphatic carbocycles. The van der Waals surface area contributed by atoms with Gasteiger partial charge < -0.3 is 19.6 Å². The van der Waals surface area contributed by atoms with Gasteiger partial charge in [-0.2, -0.15) is 10.4 Å². The van der Waals surface area contributed by atoms with Crippen molar-refractivity contribution in [2.45, 2.75) is 37.6 Å². The fourth-order valence-corrected chi connectivity index (χ4v) is 6.24. The lowest BCUT2D eigenvalue weighted by Gasteiger charge is -2.56. The quantitative estimate of drug-likeness (QED) is 0.409. The van der Waals surface area contributed by atoms with Crippen LogP contribution in [0.15, 0.2) is 55.1 Å². The first-order valence-corrected chi connectivity index (χ1v) is 13.3. The number of ether oxygens (including phenoxy) is 1. The van der Waals surface area contributed by atoms with Crippen LogP contribution in [0.1, 0.15) is 24.5 Å². The molecule has 2 unspecified atom stereocenters. The minimum absolute atomic E-state index is 0.502. The average molecular weight is 523 g/mol. The number of hydrogen-bond donors (Lipinski definition) is 1. The second-order valence-corrected chi connectivity index (χ2v) is 11.2. The molecule has 4 aliphatic heterocycles. The van der Waals surface area contributed by atoms with E-state index in [0.29, 0.717) is 36.6 Å². The Morgan fingerprint density at radius 3 is 2.54 bits per heavy atom. The highest BCUT2D eigenvalue weighted by Gasteiger charge is 2.44. The van der Waals surface area contributed by atoms with E-state index in [1.165, 1.54) is 12.0 Å². The van der Waals surface area contributed by atoms with E-state index in [-0.39, 0.29) is 0 Å². The van der Waals surface area contributed by atoms with Crippen LogP contribution in [0, 0.1) is 11.3 Å². The summed E-state index contributed by atoms with van der Waals surface area (Å²) < 4.78 is 6.94. The Balaban J connectivity index is 1.10. The van der Waals surface area contributed by atoms with Gasteiger partial charge in [-0.1, -0.05) is 6.07 Å². The number of nitriles is 1. The summed E-state index contributed by atoms with van der Waals surface area (Å²) in [4.78, 5) is 16.3. The zero-order chi connectivity index (χ0) is 26.7. The van der Waals surface area contributed by atoms with Crippen molar-refractivity contribution in [2.75, 3.05) is 43.1 Å². The molecule has 0 spiro atoms. The van der Waals surface area contributed by atoms with Crippen molar-refractivity contribution >= 4 is 17.0 Å². The maximum absolute atomic E-state index is 10.2. The molecule has 4 aromatic rings. The molecule has 198 valence electrons. The normalized spacial score (nSPS) is 21.8. The zero-order valence-corrected chi connectivity index (χ0v) is 22.0. The first-order valence-electron chi connectivity index (χ1n) is 13.3. The van der Waals surface area contributed by atoms with Crippen molar-refractivity contribution in [3.63, 3.8) is 0 Å². The first-order chi connectivity index (χ1) is 18.9. The van der Waals surface area contributed by atoms with Gasteiger partial charge in [-0.25, -0.2) is 14.5 Å². The third-order valence-electron chi connectivity index (χ3n) is 8.25. The van der Waals surface area contributed by atoms with Gasteiger partial charge in [0.1, 0.15) is 11.9 Å². The van der Waals surface area contributed by atoms with Crippen LogP contribution < -0.4 is 14.5 Å². The summed E-state index contributed by atoms with van der Waals surface area (Å²) in [6, 6.07) is 13.5.